The highest BCUT2D eigenvalue weighted by Gasteiger charge is 2.23. The van der Waals surface area contributed by atoms with E-state index in [0.29, 0.717) is 0 Å². The van der Waals surface area contributed by atoms with Crippen LogP contribution in [0.3, 0.4) is 0 Å². The molecular weight excluding hydrogens is 216 g/mol. The lowest BCUT2D eigenvalue weighted by molar-refractivity contribution is 0.00668. The van der Waals surface area contributed by atoms with Crippen LogP contribution < -0.4 is 0 Å². The molecule has 0 aliphatic rings. The highest BCUT2D eigenvalue weighted by atomic mass is 32.1. The van der Waals surface area contributed by atoms with E-state index in [4.69, 9.17) is 9.84 Å². The van der Waals surface area contributed by atoms with Gasteiger partial charge in [0.05, 0.1) is 5.56 Å². The topological polar surface area (TPSA) is 63.6 Å². The van der Waals surface area contributed by atoms with E-state index in [9.17, 15) is 9.59 Å². The van der Waals surface area contributed by atoms with Gasteiger partial charge < -0.3 is 9.84 Å². The van der Waals surface area contributed by atoms with Gasteiger partial charge in [0.15, 0.2) is 0 Å². The first-order valence-electron chi connectivity index (χ1n) is 4.35. The van der Waals surface area contributed by atoms with Crippen LogP contribution in [0, 0.1) is 0 Å². The summed E-state index contributed by atoms with van der Waals surface area (Å²) in [6, 6.07) is 1.46. The summed E-state index contributed by atoms with van der Waals surface area (Å²) in [5.74, 6) is -1.70. The molecule has 0 amide bonds. The number of carboxylic acids is 1. The maximum atomic E-state index is 11.6. The molecule has 0 aromatic carbocycles. The summed E-state index contributed by atoms with van der Waals surface area (Å²) >= 11 is 1.01. The normalized spacial score (nSPS) is 11.1. The van der Waals surface area contributed by atoms with E-state index < -0.39 is 17.5 Å². The predicted molar refractivity (Wildman–Crippen MR) is 56.4 cm³/mol. The van der Waals surface area contributed by atoms with Gasteiger partial charge in [-0.3, -0.25) is 0 Å². The molecule has 0 atom stereocenters. The second-order valence-electron chi connectivity index (χ2n) is 3.97. The van der Waals surface area contributed by atoms with Crippen molar-refractivity contribution in [2.24, 2.45) is 0 Å². The number of esters is 1. The lowest BCUT2D eigenvalue weighted by atomic mass is 10.2. The van der Waals surface area contributed by atoms with E-state index in [1.165, 1.54) is 6.07 Å². The third-order valence-electron chi connectivity index (χ3n) is 1.48. The molecule has 1 aromatic heterocycles. The van der Waals surface area contributed by atoms with E-state index in [1.807, 2.05) is 0 Å². The Morgan fingerprint density at radius 3 is 2.47 bits per heavy atom. The molecule has 0 aliphatic heterocycles. The van der Waals surface area contributed by atoms with Crippen LogP contribution in [-0.4, -0.2) is 22.6 Å². The second kappa shape index (κ2) is 4.02. The second-order valence-corrected chi connectivity index (χ2v) is 4.89. The Labute approximate surface area is 91.5 Å². The first kappa shape index (κ1) is 11.7. The van der Waals surface area contributed by atoms with Gasteiger partial charge in [0.25, 0.3) is 0 Å². The number of ether oxygens (including phenoxy) is 1. The van der Waals surface area contributed by atoms with Crippen LogP contribution in [0.2, 0.25) is 0 Å². The third kappa shape index (κ3) is 3.06. The van der Waals surface area contributed by atoms with Crippen molar-refractivity contribution < 1.29 is 19.4 Å². The Kier molecular flexibility index (Phi) is 3.14. The van der Waals surface area contributed by atoms with Gasteiger partial charge in [0.2, 0.25) is 0 Å². The van der Waals surface area contributed by atoms with E-state index >= 15 is 0 Å². The van der Waals surface area contributed by atoms with Crippen LogP contribution in [0.1, 0.15) is 40.8 Å². The SMILES string of the molecule is CC(C)(C)OC(=O)c1ccsc1C(=O)O. The smallest absolute Gasteiger partial charge is 0.346 e. The van der Waals surface area contributed by atoms with Gasteiger partial charge in [-0.1, -0.05) is 0 Å². The minimum absolute atomic E-state index is 0.0178. The van der Waals surface area contributed by atoms with Gasteiger partial charge in [-0.2, -0.15) is 0 Å². The molecule has 0 saturated heterocycles. The molecule has 0 radical (unpaired) electrons. The van der Waals surface area contributed by atoms with Crippen LogP contribution in [0.5, 0.6) is 0 Å². The Hall–Kier alpha value is -1.36. The summed E-state index contributed by atoms with van der Waals surface area (Å²) < 4.78 is 5.08. The van der Waals surface area contributed by atoms with Crippen LogP contribution in [0.25, 0.3) is 0 Å². The number of hydrogen-bond donors (Lipinski definition) is 1. The van der Waals surface area contributed by atoms with Crippen molar-refractivity contribution in [3.63, 3.8) is 0 Å². The molecule has 1 N–H and O–H groups in total. The van der Waals surface area contributed by atoms with Crippen LogP contribution in [-0.2, 0) is 4.74 Å². The van der Waals surface area contributed by atoms with Gasteiger partial charge >= 0.3 is 11.9 Å². The summed E-state index contributed by atoms with van der Waals surface area (Å²) in [6.07, 6.45) is 0. The summed E-state index contributed by atoms with van der Waals surface area (Å²) in [7, 11) is 0. The van der Waals surface area contributed by atoms with Gasteiger partial charge in [0.1, 0.15) is 10.5 Å². The van der Waals surface area contributed by atoms with Crippen molar-refractivity contribution in [2.45, 2.75) is 26.4 Å². The van der Waals surface area contributed by atoms with Crippen LogP contribution >= 0.6 is 11.3 Å². The van der Waals surface area contributed by atoms with E-state index in [-0.39, 0.29) is 10.4 Å². The number of thiophene rings is 1. The largest absolute Gasteiger partial charge is 0.477 e. The monoisotopic (exact) mass is 228 g/mol. The zero-order valence-electron chi connectivity index (χ0n) is 8.73. The molecule has 0 spiro atoms. The number of rotatable bonds is 2. The fourth-order valence-corrected chi connectivity index (χ4v) is 1.69. The molecule has 0 bridgehead atoms. The van der Waals surface area contributed by atoms with Crippen molar-refractivity contribution in [2.75, 3.05) is 0 Å². The Balaban J connectivity index is 2.92. The predicted octanol–water partition coefficient (Wildman–Crippen LogP) is 2.40. The van der Waals surface area contributed by atoms with Crippen molar-refractivity contribution in [1.82, 2.24) is 0 Å². The Morgan fingerprint density at radius 2 is 2.00 bits per heavy atom. The lowest BCUT2D eigenvalue weighted by Crippen LogP contribution is -2.24. The van der Waals surface area contributed by atoms with Gasteiger partial charge in [0, 0.05) is 0 Å². The van der Waals surface area contributed by atoms with E-state index in [2.05, 4.69) is 0 Å². The molecule has 1 rings (SSSR count). The molecule has 0 unspecified atom stereocenters. The highest BCUT2D eigenvalue weighted by molar-refractivity contribution is 7.12. The summed E-state index contributed by atoms with van der Waals surface area (Å²) in [5.41, 5.74) is -0.503. The number of carboxylic acid groups (broad SMARTS) is 1. The lowest BCUT2D eigenvalue weighted by Gasteiger charge is -2.19. The number of hydrogen-bond acceptors (Lipinski definition) is 4. The fraction of sp³-hybridized carbons (Fsp3) is 0.400. The fourth-order valence-electron chi connectivity index (χ4n) is 0.969. The molecule has 4 nitrogen and oxygen atoms in total. The molecule has 0 aliphatic carbocycles. The Bertz CT molecular complexity index is 386. The zero-order valence-corrected chi connectivity index (χ0v) is 9.55. The van der Waals surface area contributed by atoms with E-state index in [1.54, 1.807) is 26.2 Å². The third-order valence-corrected chi connectivity index (χ3v) is 2.38. The molecule has 5 heteroatoms. The highest BCUT2D eigenvalue weighted by Crippen LogP contribution is 2.20. The first-order valence-corrected chi connectivity index (χ1v) is 5.23. The summed E-state index contributed by atoms with van der Waals surface area (Å²) in [6.45, 7) is 5.20. The quantitative estimate of drug-likeness (QED) is 0.789. The molecule has 1 aromatic rings. The molecule has 1 heterocycles. The average molecular weight is 228 g/mol. The number of aromatic carboxylic acids is 1. The molecule has 15 heavy (non-hydrogen) atoms. The average Bonchev–Trinajstić information content (AvgIpc) is 2.47. The van der Waals surface area contributed by atoms with Gasteiger partial charge in [-0.05, 0) is 32.2 Å². The Morgan fingerprint density at radius 1 is 1.40 bits per heavy atom. The number of carbonyl (C=O) groups excluding carboxylic acids is 1. The first-order chi connectivity index (χ1) is 6.81. The minimum atomic E-state index is -1.11. The van der Waals surface area contributed by atoms with Gasteiger partial charge in [-0.15, -0.1) is 11.3 Å². The van der Waals surface area contributed by atoms with Crippen LogP contribution in [0.15, 0.2) is 11.4 Å². The minimum Gasteiger partial charge on any atom is -0.477 e. The maximum absolute atomic E-state index is 11.6. The number of carbonyl (C=O) groups is 2. The van der Waals surface area contributed by atoms with Crippen molar-refractivity contribution in [3.8, 4) is 0 Å². The molecule has 82 valence electrons. The summed E-state index contributed by atoms with van der Waals surface area (Å²) in [4.78, 5) is 22.3. The van der Waals surface area contributed by atoms with Gasteiger partial charge in [-0.25, -0.2) is 9.59 Å². The molecular formula is C10H12O4S. The molecule has 0 saturated carbocycles. The molecule has 0 fully saturated rings. The maximum Gasteiger partial charge on any atom is 0.346 e. The zero-order chi connectivity index (χ0) is 11.6. The summed E-state index contributed by atoms with van der Waals surface area (Å²) in [5, 5.41) is 10.4. The van der Waals surface area contributed by atoms with Crippen LogP contribution in [0.4, 0.5) is 0 Å². The standard InChI is InChI=1S/C10H12O4S/c1-10(2,3)14-9(13)6-4-5-15-7(6)8(11)12/h4-5H,1-3H3,(H,11,12). The van der Waals surface area contributed by atoms with Crippen molar-refractivity contribution in [3.05, 3.63) is 21.9 Å². The van der Waals surface area contributed by atoms with Crippen molar-refractivity contribution >= 4 is 23.3 Å². The van der Waals surface area contributed by atoms with E-state index in [0.717, 1.165) is 11.3 Å². The van der Waals surface area contributed by atoms with Crippen molar-refractivity contribution in [1.29, 1.82) is 0 Å².